The van der Waals surface area contributed by atoms with Crippen LogP contribution in [0.15, 0.2) is 24.3 Å². The van der Waals surface area contributed by atoms with Gasteiger partial charge in [-0.25, -0.2) is 0 Å². The van der Waals surface area contributed by atoms with Crippen LogP contribution in [0.5, 0.6) is 0 Å². The Labute approximate surface area is 120 Å². The molecule has 0 radical (unpaired) electrons. The quantitative estimate of drug-likeness (QED) is 0.881. The fraction of sp³-hybridized carbons (Fsp3) is 0.588. The third-order valence-corrected chi connectivity index (χ3v) is 5.05. The molecule has 4 atom stereocenters. The highest BCUT2D eigenvalue weighted by Crippen LogP contribution is 2.49. The van der Waals surface area contributed by atoms with Crippen molar-refractivity contribution in [2.45, 2.75) is 45.1 Å². The fourth-order valence-electron chi connectivity index (χ4n) is 3.95. The predicted molar refractivity (Wildman–Crippen MR) is 81.2 cm³/mol. The number of nitrogens with two attached hydrogens (primary N) is 1. The molecule has 0 aromatic heterocycles. The van der Waals surface area contributed by atoms with E-state index in [1.807, 2.05) is 31.2 Å². The van der Waals surface area contributed by atoms with Crippen molar-refractivity contribution in [1.82, 2.24) is 0 Å². The van der Waals surface area contributed by atoms with E-state index in [0.717, 1.165) is 23.1 Å². The van der Waals surface area contributed by atoms with Crippen LogP contribution in [0, 0.1) is 17.8 Å². The first-order valence-electron chi connectivity index (χ1n) is 7.77. The van der Waals surface area contributed by atoms with E-state index in [2.05, 4.69) is 5.32 Å². The minimum absolute atomic E-state index is 0.0359. The number of benzene rings is 1. The molecule has 4 unspecified atom stereocenters. The zero-order chi connectivity index (χ0) is 14.1. The lowest BCUT2D eigenvalue weighted by Gasteiger charge is -2.20. The average Bonchev–Trinajstić information content (AvgIpc) is 3.01. The van der Waals surface area contributed by atoms with Gasteiger partial charge in [0.25, 0.3) is 0 Å². The SMILES string of the molecule is CC(N)c1ccc(NC(=O)CC2CC3CCC2C3)cc1. The van der Waals surface area contributed by atoms with Crippen molar-refractivity contribution in [2.75, 3.05) is 5.32 Å². The molecule has 108 valence electrons. The van der Waals surface area contributed by atoms with E-state index in [1.165, 1.54) is 25.7 Å². The second-order valence-corrected chi connectivity index (χ2v) is 6.60. The van der Waals surface area contributed by atoms with E-state index in [9.17, 15) is 4.79 Å². The van der Waals surface area contributed by atoms with Gasteiger partial charge in [0.2, 0.25) is 5.91 Å². The van der Waals surface area contributed by atoms with Crippen molar-refractivity contribution in [3.8, 4) is 0 Å². The van der Waals surface area contributed by atoms with Gasteiger partial charge in [-0.2, -0.15) is 0 Å². The number of fused-ring (bicyclic) bond motifs is 2. The normalized spacial score (nSPS) is 29.4. The van der Waals surface area contributed by atoms with Crippen LogP contribution in [0.25, 0.3) is 0 Å². The lowest BCUT2D eigenvalue weighted by molar-refractivity contribution is -0.117. The van der Waals surface area contributed by atoms with Crippen molar-refractivity contribution in [2.24, 2.45) is 23.5 Å². The fourth-order valence-corrected chi connectivity index (χ4v) is 3.95. The number of amides is 1. The molecule has 2 fully saturated rings. The molecule has 1 aromatic carbocycles. The van der Waals surface area contributed by atoms with Gasteiger partial charge in [-0.05, 0) is 61.6 Å². The highest BCUT2D eigenvalue weighted by Gasteiger charge is 2.40. The number of carbonyl (C=O) groups excluding carboxylic acids is 1. The summed E-state index contributed by atoms with van der Waals surface area (Å²) < 4.78 is 0. The Balaban J connectivity index is 1.53. The van der Waals surface area contributed by atoms with Crippen LogP contribution >= 0.6 is 0 Å². The lowest BCUT2D eigenvalue weighted by Crippen LogP contribution is -2.20. The molecule has 1 amide bonds. The summed E-state index contributed by atoms with van der Waals surface area (Å²) in [6, 6.07) is 7.89. The number of hydrogen-bond acceptors (Lipinski definition) is 2. The van der Waals surface area contributed by atoms with E-state index in [0.29, 0.717) is 12.3 Å². The molecule has 0 heterocycles. The number of carbonyl (C=O) groups is 1. The maximum atomic E-state index is 12.1. The van der Waals surface area contributed by atoms with Crippen LogP contribution in [0.4, 0.5) is 5.69 Å². The van der Waals surface area contributed by atoms with E-state index in [1.54, 1.807) is 0 Å². The summed E-state index contributed by atoms with van der Waals surface area (Å²) in [6.07, 6.45) is 6.05. The van der Waals surface area contributed by atoms with Gasteiger partial charge in [0, 0.05) is 18.2 Å². The summed E-state index contributed by atoms with van der Waals surface area (Å²) in [4.78, 5) is 12.1. The third-order valence-electron chi connectivity index (χ3n) is 5.05. The van der Waals surface area contributed by atoms with Crippen LogP contribution in [0.2, 0.25) is 0 Å². The molecule has 20 heavy (non-hydrogen) atoms. The maximum absolute atomic E-state index is 12.1. The first-order valence-corrected chi connectivity index (χ1v) is 7.77. The van der Waals surface area contributed by atoms with Gasteiger partial charge in [0.1, 0.15) is 0 Å². The Hall–Kier alpha value is -1.35. The van der Waals surface area contributed by atoms with Gasteiger partial charge in [0.15, 0.2) is 0 Å². The van der Waals surface area contributed by atoms with Crippen molar-refractivity contribution in [3.63, 3.8) is 0 Å². The Kier molecular flexibility index (Phi) is 3.79. The first kappa shape index (κ1) is 13.6. The number of nitrogens with one attached hydrogen (secondary N) is 1. The Morgan fingerprint density at radius 2 is 2.05 bits per heavy atom. The van der Waals surface area contributed by atoms with Gasteiger partial charge in [-0.1, -0.05) is 18.6 Å². The Bertz CT molecular complexity index is 480. The maximum Gasteiger partial charge on any atom is 0.224 e. The molecule has 0 spiro atoms. The summed E-state index contributed by atoms with van der Waals surface area (Å²) in [5, 5.41) is 3.01. The average molecular weight is 272 g/mol. The van der Waals surface area contributed by atoms with E-state index >= 15 is 0 Å². The van der Waals surface area contributed by atoms with E-state index in [-0.39, 0.29) is 11.9 Å². The number of rotatable bonds is 4. The molecule has 0 saturated heterocycles. The van der Waals surface area contributed by atoms with Crippen molar-refractivity contribution in [3.05, 3.63) is 29.8 Å². The molecular weight excluding hydrogens is 248 g/mol. The summed E-state index contributed by atoms with van der Waals surface area (Å²) in [5.41, 5.74) is 7.79. The van der Waals surface area contributed by atoms with Gasteiger partial charge >= 0.3 is 0 Å². The molecule has 3 N–H and O–H groups in total. The molecule has 2 aliphatic carbocycles. The molecule has 2 aliphatic rings. The van der Waals surface area contributed by atoms with Gasteiger partial charge in [0.05, 0.1) is 0 Å². The van der Waals surface area contributed by atoms with Crippen LogP contribution < -0.4 is 11.1 Å². The smallest absolute Gasteiger partial charge is 0.224 e. The zero-order valence-electron chi connectivity index (χ0n) is 12.1. The number of hydrogen-bond donors (Lipinski definition) is 2. The molecule has 1 aromatic rings. The highest BCUT2D eigenvalue weighted by molar-refractivity contribution is 5.90. The largest absolute Gasteiger partial charge is 0.326 e. The Morgan fingerprint density at radius 1 is 1.30 bits per heavy atom. The molecular formula is C17H24N2O. The molecule has 0 aliphatic heterocycles. The van der Waals surface area contributed by atoms with Crippen molar-refractivity contribution < 1.29 is 4.79 Å². The second kappa shape index (κ2) is 5.57. The molecule has 3 nitrogen and oxygen atoms in total. The minimum Gasteiger partial charge on any atom is -0.326 e. The summed E-state index contributed by atoms with van der Waals surface area (Å²) in [7, 11) is 0. The van der Waals surface area contributed by atoms with E-state index < -0.39 is 0 Å². The molecule has 3 heteroatoms. The molecule has 3 rings (SSSR count). The second-order valence-electron chi connectivity index (χ2n) is 6.60. The third kappa shape index (κ3) is 2.88. The van der Waals surface area contributed by atoms with Gasteiger partial charge in [-0.15, -0.1) is 0 Å². The topological polar surface area (TPSA) is 55.1 Å². The van der Waals surface area contributed by atoms with E-state index in [4.69, 9.17) is 5.73 Å². The minimum atomic E-state index is 0.0359. The molecule has 2 bridgehead atoms. The Morgan fingerprint density at radius 3 is 2.60 bits per heavy atom. The monoisotopic (exact) mass is 272 g/mol. The van der Waals surface area contributed by atoms with Gasteiger partial charge < -0.3 is 11.1 Å². The summed E-state index contributed by atoms with van der Waals surface area (Å²) >= 11 is 0. The summed E-state index contributed by atoms with van der Waals surface area (Å²) in [5.74, 6) is 2.50. The summed E-state index contributed by atoms with van der Waals surface area (Å²) in [6.45, 7) is 1.96. The molecule has 2 saturated carbocycles. The van der Waals surface area contributed by atoms with Crippen molar-refractivity contribution in [1.29, 1.82) is 0 Å². The van der Waals surface area contributed by atoms with Crippen molar-refractivity contribution >= 4 is 11.6 Å². The number of anilines is 1. The predicted octanol–water partition coefficient (Wildman–Crippen LogP) is 3.47. The van der Waals surface area contributed by atoms with Crippen LogP contribution in [-0.4, -0.2) is 5.91 Å². The lowest BCUT2D eigenvalue weighted by atomic mass is 9.86. The van der Waals surface area contributed by atoms with Crippen LogP contribution in [-0.2, 0) is 4.79 Å². The zero-order valence-corrected chi connectivity index (χ0v) is 12.1. The van der Waals surface area contributed by atoms with Crippen LogP contribution in [0.1, 0.15) is 50.6 Å². The van der Waals surface area contributed by atoms with Crippen LogP contribution in [0.3, 0.4) is 0 Å². The first-order chi connectivity index (χ1) is 9.61. The van der Waals surface area contributed by atoms with Gasteiger partial charge in [-0.3, -0.25) is 4.79 Å². The standard InChI is InChI=1S/C17H24N2O/c1-11(18)13-4-6-16(7-5-13)19-17(20)10-15-9-12-2-3-14(15)8-12/h4-7,11-12,14-15H,2-3,8-10,18H2,1H3,(H,19,20). The highest BCUT2D eigenvalue weighted by atomic mass is 16.1.